The van der Waals surface area contributed by atoms with Crippen LogP contribution in [-0.4, -0.2) is 25.9 Å². The van der Waals surface area contributed by atoms with E-state index in [4.69, 9.17) is 0 Å². The molecule has 1 aliphatic rings. The average molecular weight is 327 g/mol. The second-order valence-corrected chi connectivity index (χ2v) is 6.18. The van der Waals surface area contributed by atoms with Crippen molar-refractivity contribution in [1.82, 2.24) is 20.0 Å². The van der Waals surface area contributed by atoms with E-state index < -0.39 is 0 Å². The lowest BCUT2D eigenvalue weighted by molar-refractivity contribution is -0.116. The van der Waals surface area contributed by atoms with Gasteiger partial charge in [-0.2, -0.15) is 26.2 Å². The molecule has 1 unspecified atom stereocenters. The quantitative estimate of drug-likeness (QED) is 0.750. The van der Waals surface area contributed by atoms with Crippen LogP contribution in [-0.2, 0) is 4.79 Å². The number of carbonyl (C=O) groups excluding carboxylic acids is 1. The molecule has 0 spiro atoms. The third-order valence-electron chi connectivity index (χ3n) is 3.93. The summed E-state index contributed by atoms with van der Waals surface area (Å²) in [5.74, 6) is 1.01. The fourth-order valence-electron chi connectivity index (χ4n) is 2.93. The van der Waals surface area contributed by atoms with E-state index >= 15 is 0 Å². The molecule has 0 saturated carbocycles. The van der Waals surface area contributed by atoms with Gasteiger partial charge in [0.1, 0.15) is 5.82 Å². The van der Waals surface area contributed by atoms with Crippen molar-refractivity contribution >= 4 is 23.1 Å². The molecule has 2 N–H and O–H groups in total. The first-order valence-corrected chi connectivity index (χ1v) is 8.05. The van der Waals surface area contributed by atoms with E-state index in [1.165, 1.54) is 6.07 Å². The second kappa shape index (κ2) is 5.17. The molecule has 4 heterocycles. The Balaban J connectivity index is 1.90. The standard InChI is InChI=1S/C15H13N5O2S/c1-8-14-10(9-4-5-23-7-9)6-13(22)16-15(14)20(19-8)11-2-3-12(21)18-17-11/h2-5,7,10H,6H2,1H3,(H,16,22)(H,18,21). The average Bonchev–Trinajstić information content (AvgIpc) is 3.16. The molecular weight excluding hydrogens is 314 g/mol. The van der Waals surface area contributed by atoms with Gasteiger partial charge in [0.25, 0.3) is 5.56 Å². The normalized spacial score (nSPS) is 16.9. The van der Waals surface area contributed by atoms with Crippen LogP contribution in [0.4, 0.5) is 5.82 Å². The minimum absolute atomic E-state index is 0.0125. The number of thiophene rings is 1. The van der Waals surface area contributed by atoms with E-state index in [-0.39, 0.29) is 17.4 Å². The first-order valence-electron chi connectivity index (χ1n) is 7.11. The van der Waals surface area contributed by atoms with Crippen LogP contribution in [0.15, 0.2) is 33.8 Å². The highest BCUT2D eigenvalue weighted by molar-refractivity contribution is 7.08. The number of rotatable bonds is 2. The van der Waals surface area contributed by atoms with Gasteiger partial charge in [-0.05, 0) is 35.4 Å². The van der Waals surface area contributed by atoms with Crippen molar-refractivity contribution in [3.63, 3.8) is 0 Å². The highest BCUT2D eigenvalue weighted by Crippen LogP contribution is 2.40. The molecule has 3 aromatic heterocycles. The third kappa shape index (κ3) is 2.27. The Labute approximate surface area is 135 Å². The number of anilines is 1. The Morgan fingerprint density at radius 1 is 1.30 bits per heavy atom. The molecule has 0 saturated heterocycles. The van der Waals surface area contributed by atoms with Gasteiger partial charge in [0.15, 0.2) is 5.82 Å². The van der Waals surface area contributed by atoms with Crippen molar-refractivity contribution in [2.24, 2.45) is 0 Å². The zero-order valence-electron chi connectivity index (χ0n) is 12.2. The molecule has 0 fully saturated rings. The lowest BCUT2D eigenvalue weighted by atomic mass is 9.87. The van der Waals surface area contributed by atoms with E-state index in [9.17, 15) is 9.59 Å². The van der Waals surface area contributed by atoms with Gasteiger partial charge >= 0.3 is 0 Å². The summed E-state index contributed by atoms with van der Waals surface area (Å²) in [6.07, 6.45) is 0.398. The molecule has 1 aliphatic heterocycles. The van der Waals surface area contributed by atoms with Gasteiger partial charge in [0.05, 0.1) is 5.69 Å². The molecule has 23 heavy (non-hydrogen) atoms. The Morgan fingerprint density at radius 2 is 2.17 bits per heavy atom. The van der Waals surface area contributed by atoms with Crippen LogP contribution in [0.2, 0.25) is 0 Å². The summed E-state index contributed by atoms with van der Waals surface area (Å²) < 4.78 is 1.57. The van der Waals surface area contributed by atoms with Gasteiger partial charge in [0.2, 0.25) is 5.91 Å². The fourth-order valence-corrected chi connectivity index (χ4v) is 3.64. The smallest absolute Gasteiger partial charge is 0.264 e. The van der Waals surface area contributed by atoms with E-state index in [0.29, 0.717) is 18.1 Å². The van der Waals surface area contributed by atoms with E-state index in [1.54, 1.807) is 22.1 Å². The molecule has 8 heteroatoms. The molecule has 1 atom stereocenters. The molecule has 4 rings (SSSR count). The summed E-state index contributed by atoms with van der Waals surface area (Å²) in [7, 11) is 0. The fraction of sp³-hybridized carbons (Fsp3) is 0.200. The maximum absolute atomic E-state index is 12.2. The first-order chi connectivity index (χ1) is 11.1. The van der Waals surface area contributed by atoms with Gasteiger partial charge in [-0.15, -0.1) is 0 Å². The van der Waals surface area contributed by atoms with Crippen molar-refractivity contribution < 1.29 is 4.79 Å². The van der Waals surface area contributed by atoms with Crippen LogP contribution >= 0.6 is 11.3 Å². The van der Waals surface area contributed by atoms with Gasteiger partial charge in [-0.25, -0.2) is 5.10 Å². The summed E-state index contributed by atoms with van der Waals surface area (Å²) in [5, 5.41) is 17.8. The number of fused-ring (bicyclic) bond motifs is 1. The number of aryl methyl sites for hydroxylation is 1. The molecule has 3 aromatic rings. The number of H-pyrrole nitrogens is 1. The Morgan fingerprint density at radius 3 is 2.87 bits per heavy atom. The molecular formula is C15H13N5O2S. The lowest BCUT2D eigenvalue weighted by Gasteiger charge is -2.23. The molecule has 0 aliphatic carbocycles. The topological polar surface area (TPSA) is 92.7 Å². The Kier molecular flexibility index (Phi) is 3.12. The van der Waals surface area contributed by atoms with Gasteiger partial charge in [-0.1, -0.05) is 0 Å². The number of hydrogen-bond acceptors (Lipinski definition) is 5. The van der Waals surface area contributed by atoms with Crippen molar-refractivity contribution in [2.75, 3.05) is 5.32 Å². The maximum atomic E-state index is 12.2. The van der Waals surface area contributed by atoms with Gasteiger partial charge in [0, 0.05) is 24.0 Å². The third-order valence-corrected chi connectivity index (χ3v) is 4.63. The molecule has 7 nitrogen and oxygen atoms in total. The van der Waals surface area contributed by atoms with Crippen LogP contribution in [0.3, 0.4) is 0 Å². The summed E-state index contributed by atoms with van der Waals surface area (Å²) in [6.45, 7) is 1.91. The number of aromatic nitrogens is 4. The van der Waals surface area contributed by atoms with Crippen LogP contribution in [0.1, 0.15) is 29.2 Å². The molecule has 0 bridgehead atoms. The molecule has 0 aromatic carbocycles. The summed E-state index contributed by atoms with van der Waals surface area (Å²) in [6, 6.07) is 4.99. The van der Waals surface area contributed by atoms with Crippen LogP contribution in [0.5, 0.6) is 0 Å². The van der Waals surface area contributed by atoms with Crippen LogP contribution < -0.4 is 10.9 Å². The minimum atomic E-state index is -0.285. The predicted molar refractivity (Wildman–Crippen MR) is 86.1 cm³/mol. The summed E-state index contributed by atoms with van der Waals surface area (Å²) in [4.78, 5) is 23.3. The zero-order chi connectivity index (χ0) is 16.0. The highest BCUT2D eigenvalue weighted by atomic mass is 32.1. The van der Waals surface area contributed by atoms with Gasteiger partial charge in [-0.3, -0.25) is 9.59 Å². The van der Waals surface area contributed by atoms with Crippen LogP contribution in [0.25, 0.3) is 5.82 Å². The van der Waals surface area contributed by atoms with Crippen molar-refractivity contribution in [1.29, 1.82) is 0 Å². The SMILES string of the molecule is Cc1nn(-c2ccc(=O)[nH]n2)c2c1C(c1ccsc1)CC(=O)N2. The number of carbonyl (C=O) groups is 1. The first kappa shape index (κ1) is 13.9. The number of nitrogens with zero attached hydrogens (tertiary/aromatic N) is 3. The van der Waals surface area contributed by atoms with Gasteiger partial charge < -0.3 is 5.32 Å². The van der Waals surface area contributed by atoms with Crippen molar-refractivity contribution in [2.45, 2.75) is 19.3 Å². The number of nitrogens with one attached hydrogen (secondary N) is 2. The zero-order valence-corrected chi connectivity index (χ0v) is 13.1. The van der Waals surface area contributed by atoms with Crippen LogP contribution in [0, 0.1) is 6.92 Å². The predicted octanol–water partition coefficient (Wildman–Crippen LogP) is 1.80. The van der Waals surface area contributed by atoms with E-state index in [0.717, 1.165) is 16.8 Å². The summed E-state index contributed by atoms with van der Waals surface area (Å²) in [5.41, 5.74) is 2.66. The Bertz CT molecular complexity index is 921. The van der Waals surface area contributed by atoms with E-state index in [1.807, 2.05) is 18.4 Å². The molecule has 0 radical (unpaired) electrons. The highest BCUT2D eigenvalue weighted by Gasteiger charge is 2.33. The molecule has 116 valence electrons. The lowest BCUT2D eigenvalue weighted by Crippen LogP contribution is -2.25. The molecule has 1 amide bonds. The number of aromatic amines is 1. The monoisotopic (exact) mass is 327 g/mol. The van der Waals surface area contributed by atoms with E-state index in [2.05, 4.69) is 26.0 Å². The Hall–Kier alpha value is -2.74. The second-order valence-electron chi connectivity index (χ2n) is 5.40. The minimum Gasteiger partial charge on any atom is -0.310 e. The number of amides is 1. The maximum Gasteiger partial charge on any atom is 0.264 e. The number of hydrogen-bond donors (Lipinski definition) is 2. The van der Waals surface area contributed by atoms with Crippen molar-refractivity contribution in [3.8, 4) is 5.82 Å². The largest absolute Gasteiger partial charge is 0.310 e. The van der Waals surface area contributed by atoms with Crippen molar-refractivity contribution in [3.05, 3.63) is 56.1 Å². The summed E-state index contributed by atoms with van der Waals surface area (Å²) >= 11 is 1.61.